The molecule has 3 heterocycles. The first-order valence-electron chi connectivity index (χ1n) is 9.87. The Morgan fingerprint density at radius 2 is 2.07 bits per heavy atom. The number of benzene rings is 1. The van der Waals surface area contributed by atoms with Gasteiger partial charge in [-0.15, -0.1) is 0 Å². The molecule has 2 aromatic rings. The lowest BCUT2D eigenvalue weighted by Crippen LogP contribution is -2.54. The van der Waals surface area contributed by atoms with Crippen LogP contribution in [0, 0.1) is 5.92 Å². The Morgan fingerprint density at radius 3 is 2.93 bits per heavy atom. The van der Waals surface area contributed by atoms with Crippen molar-refractivity contribution in [2.24, 2.45) is 5.92 Å². The molecule has 1 aromatic heterocycles. The summed E-state index contributed by atoms with van der Waals surface area (Å²) in [7, 11) is 3.81. The maximum atomic E-state index is 12.5. The summed E-state index contributed by atoms with van der Waals surface area (Å²) < 4.78 is 0. The minimum Gasteiger partial charge on any atom is -0.361 e. The van der Waals surface area contributed by atoms with Crippen LogP contribution in [-0.4, -0.2) is 71.4 Å². The number of likely N-dealkylation sites (N-methyl/N-ethyl adjacent to an activating group) is 1. The summed E-state index contributed by atoms with van der Waals surface area (Å²) in [6.45, 7) is 2.28. The maximum absolute atomic E-state index is 12.5. The van der Waals surface area contributed by atoms with Gasteiger partial charge in [-0.3, -0.25) is 9.69 Å². The minimum atomic E-state index is -0.144. The zero-order valence-electron chi connectivity index (χ0n) is 15.9. The minimum absolute atomic E-state index is 0.0731. The fourth-order valence-electron chi connectivity index (χ4n) is 5.48. The third-order valence-electron chi connectivity index (χ3n) is 6.82. The first-order chi connectivity index (χ1) is 13.0. The van der Waals surface area contributed by atoms with Crippen LogP contribution in [0.3, 0.4) is 0 Å². The van der Waals surface area contributed by atoms with Gasteiger partial charge in [0.05, 0.1) is 0 Å². The van der Waals surface area contributed by atoms with Gasteiger partial charge in [0.25, 0.3) is 0 Å². The first kappa shape index (κ1) is 16.8. The smallest absolute Gasteiger partial charge is 0.326 e. The number of carbonyl (C=O) groups excluding carboxylic acids is 2. The molecule has 2 saturated heterocycles. The van der Waals surface area contributed by atoms with Gasteiger partial charge in [0.1, 0.15) is 0 Å². The van der Waals surface area contributed by atoms with E-state index in [1.54, 1.807) is 7.05 Å². The zero-order valence-corrected chi connectivity index (χ0v) is 15.9. The van der Waals surface area contributed by atoms with Gasteiger partial charge >= 0.3 is 6.03 Å². The number of amides is 3. The van der Waals surface area contributed by atoms with Crippen LogP contribution in [0.25, 0.3) is 10.9 Å². The number of urea groups is 1. The number of fused-ring (bicyclic) bond motifs is 2. The van der Waals surface area contributed by atoms with Gasteiger partial charge < -0.3 is 14.8 Å². The van der Waals surface area contributed by atoms with Crippen molar-refractivity contribution < 1.29 is 9.59 Å². The molecule has 2 fully saturated rings. The fraction of sp³-hybridized carbons (Fsp3) is 0.524. The summed E-state index contributed by atoms with van der Waals surface area (Å²) in [4.78, 5) is 33.3. The van der Waals surface area contributed by atoms with Gasteiger partial charge in [-0.05, 0) is 43.0 Å². The summed E-state index contributed by atoms with van der Waals surface area (Å²) in [6.07, 6.45) is 4.79. The van der Waals surface area contributed by atoms with Crippen LogP contribution >= 0.6 is 0 Å². The number of imide groups is 1. The Kier molecular flexibility index (Phi) is 3.79. The number of H-pyrrole nitrogens is 1. The standard InChI is InChI=1S/C21H26N4O2/c1-23-11-13(12-25-7-6-19(26)24(2)21(25)27)8-16-15-4-3-5-17-20(15)14(10-22-17)9-18(16)23/h3-5,10,13,16,18,22H,6-9,11-12H2,1-2H3/t13-,16-,18-/m1/s1. The molecule has 5 rings (SSSR count). The molecule has 1 aromatic carbocycles. The van der Waals surface area contributed by atoms with Crippen molar-refractivity contribution in [2.45, 2.75) is 31.2 Å². The molecule has 0 bridgehead atoms. The van der Waals surface area contributed by atoms with E-state index in [1.807, 2.05) is 4.90 Å². The number of hydrogen-bond acceptors (Lipinski definition) is 3. The van der Waals surface area contributed by atoms with Crippen LogP contribution < -0.4 is 0 Å². The Hall–Kier alpha value is -2.34. The summed E-state index contributed by atoms with van der Waals surface area (Å²) in [5, 5.41) is 1.41. The van der Waals surface area contributed by atoms with E-state index >= 15 is 0 Å². The zero-order chi connectivity index (χ0) is 18.7. The van der Waals surface area contributed by atoms with Crippen LogP contribution in [0.1, 0.15) is 29.9 Å². The van der Waals surface area contributed by atoms with E-state index in [2.05, 4.69) is 41.3 Å². The number of piperidine rings is 1. The summed E-state index contributed by atoms with van der Waals surface area (Å²) in [6, 6.07) is 6.97. The van der Waals surface area contributed by atoms with Gasteiger partial charge in [-0.25, -0.2) is 4.79 Å². The molecule has 3 aliphatic rings. The second-order valence-electron chi connectivity index (χ2n) is 8.43. The molecule has 1 N–H and O–H groups in total. The predicted octanol–water partition coefficient (Wildman–Crippen LogP) is 2.41. The molecular formula is C21H26N4O2. The van der Waals surface area contributed by atoms with Crippen molar-refractivity contribution in [1.29, 1.82) is 0 Å². The highest BCUT2D eigenvalue weighted by atomic mass is 16.2. The van der Waals surface area contributed by atoms with Crippen LogP contribution in [0.4, 0.5) is 4.79 Å². The number of rotatable bonds is 2. The molecule has 6 nitrogen and oxygen atoms in total. The predicted molar refractivity (Wildman–Crippen MR) is 104 cm³/mol. The van der Waals surface area contributed by atoms with Crippen LogP contribution in [-0.2, 0) is 11.2 Å². The van der Waals surface area contributed by atoms with Crippen LogP contribution in [0.2, 0.25) is 0 Å². The summed E-state index contributed by atoms with van der Waals surface area (Å²) >= 11 is 0. The monoisotopic (exact) mass is 366 g/mol. The van der Waals surface area contributed by atoms with E-state index in [0.717, 1.165) is 25.9 Å². The largest absolute Gasteiger partial charge is 0.361 e. The van der Waals surface area contributed by atoms with Crippen molar-refractivity contribution in [3.05, 3.63) is 35.5 Å². The second kappa shape index (κ2) is 6.09. The number of carbonyl (C=O) groups is 2. The molecule has 3 amide bonds. The molecular weight excluding hydrogens is 340 g/mol. The highest BCUT2D eigenvalue weighted by Gasteiger charge is 2.40. The van der Waals surface area contributed by atoms with E-state index in [1.165, 1.54) is 26.9 Å². The molecule has 0 saturated carbocycles. The molecule has 0 spiro atoms. The highest BCUT2D eigenvalue weighted by molar-refractivity contribution is 5.96. The molecule has 142 valence electrons. The van der Waals surface area contributed by atoms with E-state index in [0.29, 0.717) is 30.8 Å². The number of aromatic nitrogens is 1. The van der Waals surface area contributed by atoms with E-state index in [4.69, 9.17) is 0 Å². The van der Waals surface area contributed by atoms with Crippen molar-refractivity contribution in [3.8, 4) is 0 Å². The van der Waals surface area contributed by atoms with Gasteiger partial charge in [0, 0.05) is 62.2 Å². The van der Waals surface area contributed by atoms with Gasteiger partial charge in [0.15, 0.2) is 0 Å². The van der Waals surface area contributed by atoms with Crippen LogP contribution in [0.15, 0.2) is 24.4 Å². The topological polar surface area (TPSA) is 59.7 Å². The third kappa shape index (κ3) is 2.57. The van der Waals surface area contributed by atoms with Crippen molar-refractivity contribution in [3.63, 3.8) is 0 Å². The molecule has 3 atom stereocenters. The van der Waals surface area contributed by atoms with Gasteiger partial charge in [-0.1, -0.05) is 12.1 Å². The SMILES string of the molecule is CN1C(=O)CCN(C[C@@H]2C[C@@H]3c4cccc5[nH]cc(c45)C[C@H]3N(C)C2)C1=O. The summed E-state index contributed by atoms with van der Waals surface area (Å²) in [5.41, 5.74) is 4.12. The van der Waals surface area contributed by atoms with Gasteiger partial charge in [0.2, 0.25) is 5.91 Å². The van der Waals surface area contributed by atoms with E-state index < -0.39 is 0 Å². The Morgan fingerprint density at radius 1 is 1.22 bits per heavy atom. The third-order valence-corrected chi connectivity index (χ3v) is 6.82. The van der Waals surface area contributed by atoms with Crippen molar-refractivity contribution in [1.82, 2.24) is 19.7 Å². The van der Waals surface area contributed by atoms with Crippen LogP contribution in [0.5, 0.6) is 0 Å². The normalized spacial score (nSPS) is 28.7. The quantitative estimate of drug-likeness (QED) is 0.888. The number of nitrogens with zero attached hydrogens (tertiary/aromatic N) is 3. The lowest BCUT2D eigenvalue weighted by molar-refractivity contribution is -0.129. The summed E-state index contributed by atoms with van der Waals surface area (Å²) in [5.74, 6) is 0.855. The number of aromatic amines is 1. The van der Waals surface area contributed by atoms with Crippen molar-refractivity contribution >= 4 is 22.8 Å². The molecule has 0 unspecified atom stereocenters. The Labute approximate surface area is 159 Å². The molecule has 0 radical (unpaired) electrons. The second-order valence-corrected chi connectivity index (χ2v) is 8.43. The molecule has 6 heteroatoms. The maximum Gasteiger partial charge on any atom is 0.326 e. The number of hydrogen-bond donors (Lipinski definition) is 1. The van der Waals surface area contributed by atoms with E-state index in [-0.39, 0.29) is 11.9 Å². The average molecular weight is 366 g/mol. The average Bonchev–Trinajstić information content (AvgIpc) is 3.08. The van der Waals surface area contributed by atoms with E-state index in [9.17, 15) is 9.59 Å². The lowest BCUT2D eigenvalue weighted by Gasteiger charge is -2.47. The highest BCUT2D eigenvalue weighted by Crippen LogP contribution is 2.44. The van der Waals surface area contributed by atoms with Gasteiger partial charge in [-0.2, -0.15) is 0 Å². The lowest BCUT2D eigenvalue weighted by atomic mass is 9.72. The van der Waals surface area contributed by atoms with Crippen molar-refractivity contribution in [2.75, 3.05) is 33.7 Å². The molecule has 2 aliphatic heterocycles. The fourth-order valence-corrected chi connectivity index (χ4v) is 5.48. The Bertz CT molecular complexity index is 920. The Balaban J connectivity index is 1.40. The molecule has 27 heavy (non-hydrogen) atoms. The molecule has 1 aliphatic carbocycles. The number of nitrogens with one attached hydrogen (secondary N) is 1. The first-order valence-corrected chi connectivity index (χ1v) is 9.87. The number of likely N-dealkylation sites (tertiary alicyclic amines) is 1.